The lowest BCUT2D eigenvalue weighted by molar-refractivity contribution is -0.141. The lowest BCUT2D eigenvalue weighted by atomic mass is 9.44. The summed E-state index contributed by atoms with van der Waals surface area (Å²) in [5, 5.41) is 10.4. The monoisotopic (exact) mass is 489 g/mol. The van der Waals surface area contributed by atoms with E-state index in [1.165, 1.54) is 12.1 Å². The van der Waals surface area contributed by atoms with E-state index in [4.69, 9.17) is 32.5 Å². The van der Waals surface area contributed by atoms with Crippen molar-refractivity contribution in [1.82, 2.24) is 15.8 Å². The van der Waals surface area contributed by atoms with Crippen LogP contribution in [0.3, 0.4) is 0 Å². The molecule has 0 saturated heterocycles. The SMILES string of the molecule is O=C(COc1ccc(Cl)c(F)c1)NC12CC(NC(=O)c3cc(-c4ccc(Cl)cc4)on3)(C1)C2. The molecule has 170 valence electrons. The van der Waals surface area contributed by atoms with Crippen LogP contribution in [0.4, 0.5) is 4.39 Å². The minimum Gasteiger partial charge on any atom is -0.484 e. The van der Waals surface area contributed by atoms with Crippen LogP contribution in [0.2, 0.25) is 10.0 Å². The number of benzene rings is 2. The van der Waals surface area contributed by atoms with Crippen LogP contribution in [0.25, 0.3) is 11.3 Å². The Bertz CT molecular complexity index is 1220. The van der Waals surface area contributed by atoms with E-state index in [0.29, 0.717) is 30.0 Å². The molecule has 6 rings (SSSR count). The second kappa shape index (κ2) is 8.04. The molecule has 3 aromatic rings. The molecule has 33 heavy (non-hydrogen) atoms. The fraction of sp³-hybridized carbons (Fsp3) is 0.261. The standard InChI is InChI=1S/C23H18Cl2FN3O4/c24-14-3-1-13(2-4-14)19-8-18(29-33-19)21(31)28-23-10-22(11-23,12-23)27-20(30)9-32-15-5-6-16(25)17(26)7-15/h1-8H,9-12H2,(H,27,30)(H,28,31). The Morgan fingerprint density at radius 1 is 1.03 bits per heavy atom. The van der Waals surface area contributed by atoms with Crippen molar-refractivity contribution in [3.05, 3.63) is 70.1 Å². The van der Waals surface area contributed by atoms with Crippen molar-refractivity contribution >= 4 is 35.0 Å². The van der Waals surface area contributed by atoms with Gasteiger partial charge in [0.15, 0.2) is 18.1 Å². The van der Waals surface area contributed by atoms with E-state index in [1.807, 2.05) is 0 Å². The number of carbonyl (C=O) groups excluding carboxylic acids is 2. The zero-order valence-electron chi connectivity index (χ0n) is 17.2. The van der Waals surface area contributed by atoms with E-state index in [-0.39, 0.29) is 46.0 Å². The molecular formula is C23H18Cl2FN3O4. The van der Waals surface area contributed by atoms with Crippen LogP contribution in [0.1, 0.15) is 29.8 Å². The number of nitrogens with one attached hydrogen (secondary N) is 2. The summed E-state index contributed by atoms with van der Waals surface area (Å²) in [7, 11) is 0. The summed E-state index contributed by atoms with van der Waals surface area (Å²) in [5.41, 5.74) is 0.245. The van der Waals surface area contributed by atoms with Crippen molar-refractivity contribution in [1.29, 1.82) is 0 Å². The highest BCUT2D eigenvalue weighted by Crippen LogP contribution is 2.60. The van der Waals surface area contributed by atoms with Gasteiger partial charge in [-0.25, -0.2) is 4.39 Å². The van der Waals surface area contributed by atoms with Gasteiger partial charge in [0.2, 0.25) is 0 Å². The third kappa shape index (κ3) is 4.28. The number of rotatable bonds is 7. The number of aromatic nitrogens is 1. The largest absolute Gasteiger partial charge is 0.484 e. The number of amides is 2. The smallest absolute Gasteiger partial charge is 0.273 e. The maximum atomic E-state index is 13.5. The molecular weight excluding hydrogens is 472 g/mol. The second-order valence-corrected chi connectivity index (χ2v) is 9.38. The Morgan fingerprint density at radius 3 is 2.42 bits per heavy atom. The van der Waals surface area contributed by atoms with Gasteiger partial charge in [-0.15, -0.1) is 0 Å². The Hall–Kier alpha value is -3.10. The van der Waals surface area contributed by atoms with Crippen molar-refractivity contribution in [3.63, 3.8) is 0 Å². The molecule has 3 fully saturated rings. The summed E-state index contributed by atoms with van der Waals surface area (Å²) < 4.78 is 24.1. The highest BCUT2D eigenvalue weighted by Gasteiger charge is 2.69. The van der Waals surface area contributed by atoms with Gasteiger partial charge in [-0.3, -0.25) is 9.59 Å². The summed E-state index contributed by atoms with van der Waals surface area (Å²) >= 11 is 11.5. The average Bonchev–Trinajstić information content (AvgIpc) is 3.23. The maximum Gasteiger partial charge on any atom is 0.273 e. The number of ether oxygens (including phenoxy) is 1. The normalized spacial score (nSPS) is 22.6. The predicted octanol–water partition coefficient (Wildman–Crippen LogP) is 4.39. The van der Waals surface area contributed by atoms with Gasteiger partial charge in [0, 0.05) is 33.8 Å². The van der Waals surface area contributed by atoms with Crippen LogP contribution in [0.5, 0.6) is 5.75 Å². The molecule has 2 amide bonds. The van der Waals surface area contributed by atoms with Gasteiger partial charge < -0.3 is 19.9 Å². The molecule has 0 unspecified atom stereocenters. The zero-order chi connectivity index (χ0) is 23.2. The Morgan fingerprint density at radius 2 is 1.73 bits per heavy atom. The topological polar surface area (TPSA) is 93.5 Å². The van der Waals surface area contributed by atoms with Gasteiger partial charge in [-0.05, 0) is 55.7 Å². The Balaban J connectivity index is 1.10. The first kappa shape index (κ1) is 21.7. The lowest BCUT2D eigenvalue weighted by Gasteiger charge is -2.70. The molecule has 0 spiro atoms. The third-order valence-corrected chi connectivity index (χ3v) is 6.50. The summed E-state index contributed by atoms with van der Waals surface area (Å²) in [6.07, 6.45) is 1.86. The summed E-state index contributed by atoms with van der Waals surface area (Å²) in [5.74, 6) is -0.558. The number of carbonyl (C=O) groups is 2. The molecule has 3 saturated carbocycles. The minimum absolute atomic E-state index is 0.0140. The minimum atomic E-state index is -0.612. The second-order valence-electron chi connectivity index (χ2n) is 8.54. The molecule has 3 aliphatic carbocycles. The van der Waals surface area contributed by atoms with Crippen LogP contribution in [0.15, 0.2) is 53.1 Å². The van der Waals surface area contributed by atoms with Crippen LogP contribution in [0, 0.1) is 5.82 Å². The summed E-state index contributed by atoms with van der Waals surface area (Å²) in [6, 6.07) is 12.6. The maximum absolute atomic E-state index is 13.5. The highest BCUT2D eigenvalue weighted by molar-refractivity contribution is 6.31. The molecule has 7 nitrogen and oxygen atoms in total. The summed E-state index contributed by atoms with van der Waals surface area (Å²) in [4.78, 5) is 24.8. The van der Waals surface area contributed by atoms with Crippen molar-refractivity contribution in [3.8, 4) is 17.1 Å². The van der Waals surface area contributed by atoms with E-state index in [9.17, 15) is 14.0 Å². The molecule has 1 heterocycles. The zero-order valence-corrected chi connectivity index (χ0v) is 18.7. The van der Waals surface area contributed by atoms with Crippen molar-refractivity contribution in [2.24, 2.45) is 0 Å². The third-order valence-electron chi connectivity index (χ3n) is 5.95. The van der Waals surface area contributed by atoms with Gasteiger partial charge in [-0.2, -0.15) is 0 Å². The molecule has 2 N–H and O–H groups in total. The number of hydrogen-bond donors (Lipinski definition) is 2. The fourth-order valence-corrected chi connectivity index (χ4v) is 4.78. The van der Waals surface area contributed by atoms with Crippen LogP contribution in [-0.2, 0) is 4.79 Å². The first-order chi connectivity index (χ1) is 15.7. The van der Waals surface area contributed by atoms with E-state index >= 15 is 0 Å². The number of nitrogens with zero attached hydrogens (tertiary/aromatic N) is 1. The summed E-state index contributed by atoms with van der Waals surface area (Å²) in [6.45, 7) is -0.241. The fourth-order valence-electron chi connectivity index (χ4n) is 4.54. The Kier molecular flexibility index (Phi) is 5.29. The highest BCUT2D eigenvalue weighted by atomic mass is 35.5. The van der Waals surface area contributed by atoms with Crippen LogP contribution < -0.4 is 15.4 Å². The molecule has 0 atom stereocenters. The molecule has 0 radical (unpaired) electrons. The molecule has 10 heteroatoms. The molecule has 2 aromatic carbocycles. The molecule has 0 aliphatic heterocycles. The molecule has 2 bridgehead atoms. The first-order valence-electron chi connectivity index (χ1n) is 10.2. The molecule has 3 aliphatic rings. The van der Waals surface area contributed by atoms with Crippen LogP contribution in [-0.4, -0.2) is 34.7 Å². The van der Waals surface area contributed by atoms with Crippen molar-refractivity contribution < 1.29 is 23.2 Å². The van der Waals surface area contributed by atoms with E-state index in [0.717, 1.165) is 11.6 Å². The van der Waals surface area contributed by atoms with Crippen molar-refractivity contribution in [2.45, 2.75) is 30.3 Å². The van der Waals surface area contributed by atoms with Gasteiger partial charge >= 0.3 is 0 Å². The lowest BCUT2D eigenvalue weighted by Crippen LogP contribution is -2.84. The van der Waals surface area contributed by atoms with Gasteiger partial charge in [-0.1, -0.05) is 28.4 Å². The van der Waals surface area contributed by atoms with Gasteiger partial charge in [0.05, 0.1) is 5.02 Å². The van der Waals surface area contributed by atoms with Gasteiger partial charge in [0.1, 0.15) is 11.6 Å². The van der Waals surface area contributed by atoms with Crippen molar-refractivity contribution in [2.75, 3.05) is 6.61 Å². The number of halogens is 3. The van der Waals surface area contributed by atoms with E-state index in [2.05, 4.69) is 15.8 Å². The van der Waals surface area contributed by atoms with E-state index in [1.54, 1.807) is 30.3 Å². The average molecular weight is 490 g/mol. The number of hydrogen-bond acceptors (Lipinski definition) is 5. The van der Waals surface area contributed by atoms with Crippen LogP contribution >= 0.6 is 23.2 Å². The first-order valence-corrected chi connectivity index (χ1v) is 10.9. The van der Waals surface area contributed by atoms with E-state index < -0.39 is 5.82 Å². The molecule has 1 aromatic heterocycles. The Labute approximate surface area is 198 Å². The predicted molar refractivity (Wildman–Crippen MR) is 119 cm³/mol. The quantitative estimate of drug-likeness (QED) is 0.513. The van der Waals surface area contributed by atoms with Gasteiger partial charge in [0.25, 0.3) is 11.8 Å².